The largest absolute Gasteiger partial charge is 0.394 e. The molecule has 1 aliphatic heterocycles. The molecule has 1 aliphatic rings. The van der Waals surface area contributed by atoms with Crippen LogP contribution in [0.3, 0.4) is 0 Å². The summed E-state index contributed by atoms with van der Waals surface area (Å²) >= 11 is 1.34. The van der Waals surface area contributed by atoms with E-state index in [1.54, 1.807) is 13.2 Å². The summed E-state index contributed by atoms with van der Waals surface area (Å²) < 4.78 is 6.76. The van der Waals surface area contributed by atoms with Gasteiger partial charge in [-0.15, -0.1) is 0 Å². The Labute approximate surface area is 113 Å². The molecule has 0 spiro atoms. The summed E-state index contributed by atoms with van der Waals surface area (Å²) in [6, 6.07) is 0. The van der Waals surface area contributed by atoms with Crippen LogP contribution in [0.2, 0.25) is 0 Å². The van der Waals surface area contributed by atoms with Crippen molar-refractivity contribution in [1.82, 2.24) is 9.55 Å². The van der Waals surface area contributed by atoms with E-state index >= 15 is 0 Å². The predicted molar refractivity (Wildman–Crippen MR) is 70.4 cm³/mol. The monoisotopic (exact) mass is 288 g/mol. The lowest BCUT2D eigenvalue weighted by Crippen LogP contribution is -2.37. The second-order valence-corrected chi connectivity index (χ2v) is 5.43. The fourth-order valence-corrected chi connectivity index (χ4v) is 3.01. The standard InChI is InChI=1S/C11H16N2O5S/c1-5-3-13(11(17)12-9(5)16)10-8(19-2)7(15)6(4-14)18-10/h3,6-8,10,14-15H,4H2,1-2H3,(H,12,16,17)/t6?,7-,8?,10+/m0/s1. The smallest absolute Gasteiger partial charge is 0.330 e. The number of ether oxygens (including phenoxy) is 1. The average molecular weight is 288 g/mol. The first-order chi connectivity index (χ1) is 8.99. The molecule has 0 bridgehead atoms. The van der Waals surface area contributed by atoms with Gasteiger partial charge < -0.3 is 14.9 Å². The normalized spacial score (nSPS) is 30.7. The van der Waals surface area contributed by atoms with Crippen molar-refractivity contribution in [1.29, 1.82) is 0 Å². The van der Waals surface area contributed by atoms with Crippen LogP contribution >= 0.6 is 11.8 Å². The minimum atomic E-state index is -0.871. The highest BCUT2D eigenvalue weighted by Gasteiger charge is 2.44. The van der Waals surface area contributed by atoms with E-state index in [0.29, 0.717) is 5.56 Å². The van der Waals surface area contributed by atoms with E-state index in [1.165, 1.54) is 22.5 Å². The van der Waals surface area contributed by atoms with Crippen LogP contribution in [-0.2, 0) is 4.74 Å². The Hall–Kier alpha value is -1.09. The number of aliphatic hydroxyl groups is 2. The second-order valence-electron chi connectivity index (χ2n) is 4.42. The number of aryl methyl sites for hydroxylation is 1. The molecular formula is C11H16N2O5S. The molecule has 0 aromatic carbocycles. The van der Waals surface area contributed by atoms with E-state index in [0.717, 1.165) is 0 Å². The highest BCUT2D eigenvalue weighted by Crippen LogP contribution is 2.35. The van der Waals surface area contributed by atoms with Gasteiger partial charge in [-0.25, -0.2) is 4.79 Å². The number of hydrogen-bond donors (Lipinski definition) is 3. The van der Waals surface area contributed by atoms with Gasteiger partial charge in [0.05, 0.1) is 18.0 Å². The van der Waals surface area contributed by atoms with Crippen molar-refractivity contribution < 1.29 is 14.9 Å². The maximum atomic E-state index is 11.8. The van der Waals surface area contributed by atoms with Crippen LogP contribution in [0.15, 0.2) is 15.8 Å². The molecule has 8 heteroatoms. The third-order valence-corrected chi connectivity index (χ3v) is 4.24. The highest BCUT2D eigenvalue weighted by atomic mass is 32.2. The third kappa shape index (κ3) is 2.48. The number of thioether (sulfide) groups is 1. The van der Waals surface area contributed by atoms with Gasteiger partial charge in [0, 0.05) is 11.8 Å². The van der Waals surface area contributed by atoms with E-state index in [4.69, 9.17) is 9.84 Å². The zero-order valence-corrected chi connectivity index (χ0v) is 11.4. The first-order valence-electron chi connectivity index (χ1n) is 5.78. The third-order valence-electron chi connectivity index (χ3n) is 3.18. The number of aromatic amines is 1. The van der Waals surface area contributed by atoms with Gasteiger partial charge in [0.15, 0.2) is 6.23 Å². The predicted octanol–water partition coefficient (Wildman–Crippen LogP) is -1.17. The van der Waals surface area contributed by atoms with E-state index in [9.17, 15) is 14.7 Å². The number of aromatic nitrogens is 2. The summed E-state index contributed by atoms with van der Waals surface area (Å²) in [6.45, 7) is 1.25. The number of nitrogens with one attached hydrogen (secondary N) is 1. The Morgan fingerprint density at radius 3 is 2.79 bits per heavy atom. The van der Waals surface area contributed by atoms with Gasteiger partial charge >= 0.3 is 5.69 Å². The van der Waals surface area contributed by atoms with Crippen molar-refractivity contribution in [2.45, 2.75) is 30.6 Å². The molecule has 19 heavy (non-hydrogen) atoms. The van der Waals surface area contributed by atoms with Crippen LogP contribution in [0, 0.1) is 6.92 Å². The molecule has 0 radical (unpaired) electrons. The summed E-state index contributed by atoms with van der Waals surface area (Å²) in [6.07, 6.45) is 0.866. The molecule has 4 atom stereocenters. The molecule has 1 aromatic rings. The number of H-pyrrole nitrogens is 1. The maximum absolute atomic E-state index is 11.8. The van der Waals surface area contributed by atoms with Crippen LogP contribution in [0.4, 0.5) is 0 Å². The van der Waals surface area contributed by atoms with E-state index in [2.05, 4.69) is 4.98 Å². The molecule has 3 N–H and O–H groups in total. The average Bonchev–Trinajstić information content (AvgIpc) is 2.70. The summed E-state index contributed by atoms with van der Waals surface area (Å²) in [7, 11) is 0. The molecule has 106 valence electrons. The Bertz CT molecular complexity index is 569. The zero-order chi connectivity index (χ0) is 14.2. The van der Waals surface area contributed by atoms with Crippen LogP contribution in [0.5, 0.6) is 0 Å². The number of nitrogens with zero attached hydrogens (tertiary/aromatic N) is 1. The summed E-state index contributed by atoms with van der Waals surface area (Å²) in [5.41, 5.74) is -0.658. The van der Waals surface area contributed by atoms with Crippen molar-refractivity contribution in [3.8, 4) is 0 Å². The van der Waals surface area contributed by atoms with Gasteiger partial charge in [-0.2, -0.15) is 11.8 Å². The van der Waals surface area contributed by atoms with Crippen molar-refractivity contribution in [2.75, 3.05) is 12.9 Å². The molecule has 0 aliphatic carbocycles. The molecule has 1 saturated heterocycles. The maximum Gasteiger partial charge on any atom is 0.330 e. The lowest BCUT2D eigenvalue weighted by molar-refractivity contribution is -0.0457. The molecule has 2 rings (SSSR count). The minimum Gasteiger partial charge on any atom is -0.394 e. The van der Waals surface area contributed by atoms with Crippen molar-refractivity contribution in [3.63, 3.8) is 0 Å². The van der Waals surface area contributed by atoms with E-state index in [1.807, 2.05) is 0 Å². The summed E-state index contributed by atoms with van der Waals surface area (Å²) in [5.74, 6) is 0. The fourth-order valence-electron chi connectivity index (χ4n) is 2.12. The zero-order valence-electron chi connectivity index (χ0n) is 10.6. The quantitative estimate of drug-likeness (QED) is 0.647. The van der Waals surface area contributed by atoms with Gasteiger partial charge in [0.1, 0.15) is 6.10 Å². The number of aliphatic hydroxyl groups excluding tert-OH is 2. The summed E-state index contributed by atoms with van der Waals surface area (Å²) in [4.78, 5) is 25.3. The van der Waals surface area contributed by atoms with E-state index in [-0.39, 0.29) is 11.9 Å². The topological polar surface area (TPSA) is 105 Å². The van der Waals surface area contributed by atoms with Gasteiger partial charge in [-0.3, -0.25) is 14.3 Å². The Morgan fingerprint density at radius 1 is 1.53 bits per heavy atom. The molecule has 2 unspecified atom stereocenters. The van der Waals surface area contributed by atoms with Crippen molar-refractivity contribution in [3.05, 3.63) is 32.6 Å². The molecule has 0 saturated carbocycles. The molecular weight excluding hydrogens is 272 g/mol. The van der Waals surface area contributed by atoms with Crippen LogP contribution in [0.25, 0.3) is 0 Å². The molecule has 1 fully saturated rings. The van der Waals surface area contributed by atoms with Crippen LogP contribution in [-0.4, -0.2) is 50.1 Å². The first-order valence-corrected chi connectivity index (χ1v) is 7.07. The highest BCUT2D eigenvalue weighted by molar-refractivity contribution is 7.99. The van der Waals surface area contributed by atoms with E-state index < -0.39 is 29.7 Å². The molecule has 7 nitrogen and oxygen atoms in total. The molecule has 0 amide bonds. The number of rotatable bonds is 3. The Balaban J connectivity index is 2.44. The van der Waals surface area contributed by atoms with Crippen molar-refractivity contribution in [2.24, 2.45) is 0 Å². The lowest BCUT2D eigenvalue weighted by Gasteiger charge is -2.20. The molecule has 1 aromatic heterocycles. The fraction of sp³-hybridized carbons (Fsp3) is 0.636. The second kappa shape index (κ2) is 5.49. The molecule has 2 heterocycles. The van der Waals surface area contributed by atoms with Crippen molar-refractivity contribution >= 4 is 11.8 Å². The van der Waals surface area contributed by atoms with Gasteiger partial charge in [0.25, 0.3) is 5.56 Å². The first kappa shape index (κ1) is 14.3. The minimum absolute atomic E-state index is 0.328. The van der Waals surface area contributed by atoms with Gasteiger partial charge in [0.2, 0.25) is 0 Å². The summed E-state index contributed by atoms with van der Waals surface area (Å²) in [5, 5.41) is 18.8. The van der Waals surface area contributed by atoms with Crippen LogP contribution in [0.1, 0.15) is 11.8 Å². The SMILES string of the molecule is CSC1[C@@H](O)C(CO)O[C@H]1n1cc(C)c(=O)[nH]c1=O. The van der Waals surface area contributed by atoms with Gasteiger partial charge in [-0.1, -0.05) is 0 Å². The van der Waals surface area contributed by atoms with Gasteiger partial charge in [-0.05, 0) is 13.2 Å². The van der Waals surface area contributed by atoms with Crippen LogP contribution < -0.4 is 11.2 Å². The number of hydrogen-bond acceptors (Lipinski definition) is 6. The Morgan fingerprint density at radius 2 is 2.21 bits per heavy atom. The lowest BCUT2D eigenvalue weighted by atomic mass is 10.2. The Kier molecular flexibility index (Phi) is 4.14.